The Morgan fingerprint density at radius 2 is 2.29 bits per heavy atom. The van der Waals surface area contributed by atoms with Crippen LogP contribution in [0, 0.1) is 5.21 Å². The lowest BCUT2D eigenvalue weighted by molar-refractivity contribution is -0.175. The Morgan fingerprint density at radius 1 is 1.71 bits per heavy atom. The first-order valence-electron chi connectivity index (χ1n) is 1.80. The summed E-state index contributed by atoms with van der Waals surface area (Å²) in [4.78, 5) is 4.25. The summed E-state index contributed by atoms with van der Waals surface area (Å²) in [5.41, 5.74) is 0. The van der Waals surface area contributed by atoms with E-state index >= 15 is 0 Å². The molecule has 4 nitrogen and oxygen atoms in total. The zero-order valence-electron chi connectivity index (χ0n) is 4.38. The minimum atomic E-state index is 0.0139. The number of rotatable bonds is 3. The average Bonchev–Trinajstić information content (AvgIpc) is 1.61. The molecule has 0 spiro atoms. The van der Waals surface area contributed by atoms with Crippen LogP contribution in [0.4, 0.5) is 0 Å². The lowest BCUT2D eigenvalue weighted by Gasteiger charge is -2.19. The second kappa shape index (κ2) is 4.01. The van der Waals surface area contributed by atoms with E-state index in [0.717, 1.165) is 0 Å². The Kier molecular flexibility index (Phi) is 3.92. The monoisotopic (exact) mass is 106 g/mol. The van der Waals surface area contributed by atoms with Gasteiger partial charge in [0.05, 0.1) is 0 Å². The molecule has 7 heavy (non-hydrogen) atoms. The second-order valence-electron chi connectivity index (χ2n) is 0.975. The van der Waals surface area contributed by atoms with Gasteiger partial charge in [-0.2, -0.15) is 0 Å². The van der Waals surface area contributed by atoms with Gasteiger partial charge in [-0.15, -0.1) is 0 Å². The Labute approximate surface area is 42.2 Å². The highest BCUT2D eigenvalue weighted by atomic mass is 16.9. The van der Waals surface area contributed by atoms with Crippen LogP contribution < -0.4 is 0 Å². The highest BCUT2D eigenvalue weighted by molar-refractivity contribution is 4.20. The summed E-state index contributed by atoms with van der Waals surface area (Å²) in [7, 11) is 2.70. The molecule has 0 aromatic heterocycles. The van der Waals surface area contributed by atoms with Gasteiger partial charge in [0, 0.05) is 7.11 Å². The van der Waals surface area contributed by atoms with Gasteiger partial charge in [-0.05, 0) is 7.05 Å². The maximum absolute atomic E-state index is 9.82. The molecule has 0 saturated heterocycles. The maximum atomic E-state index is 9.82. The lowest BCUT2D eigenvalue weighted by atomic mass is 11.4. The van der Waals surface area contributed by atoms with Gasteiger partial charge in [0.25, 0.3) is 0 Å². The first-order valence-corrected chi connectivity index (χ1v) is 1.80. The van der Waals surface area contributed by atoms with Gasteiger partial charge in [-0.3, -0.25) is 10.1 Å². The van der Waals surface area contributed by atoms with Crippen LogP contribution in [0.1, 0.15) is 0 Å². The fourth-order valence-electron chi connectivity index (χ4n) is 0.127. The normalized spacial score (nSPS) is 10.3. The highest BCUT2D eigenvalue weighted by Gasteiger charge is 1.75. The molecule has 44 valence electrons. The number of methoxy groups -OCH3 is 1. The van der Waals surface area contributed by atoms with Gasteiger partial charge >= 0.3 is 0 Å². The van der Waals surface area contributed by atoms with Crippen molar-refractivity contribution in [3.8, 4) is 0 Å². The molecule has 0 aromatic carbocycles. The molecule has 0 amide bonds. The minimum absolute atomic E-state index is 0.0139. The summed E-state index contributed by atoms with van der Waals surface area (Å²) in [6.45, 7) is 0.0139. The van der Waals surface area contributed by atoms with Crippen LogP contribution >= 0.6 is 0 Å². The van der Waals surface area contributed by atoms with E-state index in [9.17, 15) is 5.21 Å². The predicted molar refractivity (Wildman–Crippen MR) is 24.1 cm³/mol. The van der Waals surface area contributed by atoms with Crippen LogP contribution in [0.25, 0.3) is 0 Å². The molecule has 0 aliphatic rings. The third kappa shape index (κ3) is 5.84. The van der Waals surface area contributed by atoms with E-state index < -0.39 is 0 Å². The second-order valence-corrected chi connectivity index (χ2v) is 0.975. The smallest absolute Gasteiger partial charge is 0.165 e. The van der Waals surface area contributed by atoms with E-state index in [-0.39, 0.29) is 6.79 Å². The molecule has 0 atom stereocenters. The summed E-state index contributed by atoms with van der Waals surface area (Å²) in [6.07, 6.45) is 0. The van der Waals surface area contributed by atoms with Crippen molar-refractivity contribution >= 4 is 0 Å². The largest absolute Gasteiger partial charge is 0.762 e. The van der Waals surface area contributed by atoms with E-state index in [1.165, 1.54) is 14.2 Å². The molecule has 4 heteroatoms. The molecule has 0 bridgehead atoms. The van der Waals surface area contributed by atoms with Crippen molar-refractivity contribution in [2.45, 2.75) is 0 Å². The fourth-order valence-corrected chi connectivity index (χ4v) is 0.127. The van der Waals surface area contributed by atoms with Gasteiger partial charge in [0.2, 0.25) is 0 Å². The fraction of sp³-hybridized carbons (Fsp3) is 1.00. The summed E-state index contributed by atoms with van der Waals surface area (Å²) >= 11 is 0. The van der Waals surface area contributed by atoms with Crippen molar-refractivity contribution in [2.24, 2.45) is 0 Å². The predicted octanol–water partition coefficient (Wildman–Crippen LogP) is -0.0485. The molecular weight excluding hydrogens is 98.0 g/mol. The number of hydrogen-bond acceptors (Lipinski definition) is 4. The van der Waals surface area contributed by atoms with Crippen LogP contribution in [-0.4, -0.2) is 26.2 Å². The molecule has 0 aliphatic heterocycles. The molecule has 0 aliphatic carbocycles. The zero-order valence-corrected chi connectivity index (χ0v) is 4.38. The summed E-state index contributed by atoms with van der Waals surface area (Å²) in [5.74, 6) is 0. The van der Waals surface area contributed by atoms with Crippen LogP contribution in [0.2, 0.25) is 0 Å². The quantitative estimate of drug-likeness (QED) is 0.374. The van der Waals surface area contributed by atoms with E-state index in [0.29, 0.717) is 5.23 Å². The summed E-state index contributed by atoms with van der Waals surface area (Å²) in [6, 6.07) is 0. The number of hydroxylamine groups is 2. The van der Waals surface area contributed by atoms with Gasteiger partial charge in [0.1, 0.15) is 0 Å². The molecule has 0 saturated carbocycles. The van der Waals surface area contributed by atoms with E-state index in [1.807, 2.05) is 0 Å². The van der Waals surface area contributed by atoms with Crippen LogP contribution in [0.3, 0.4) is 0 Å². The van der Waals surface area contributed by atoms with Crippen molar-refractivity contribution in [3.05, 3.63) is 5.21 Å². The molecule has 0 heterocycles. The number of ether oxygens (including phenoxy) is 1. The molecule has 0 radical (unpaired) electrons. The molecule has 0 fully saturated rings. The van der Waals surface area contributed by atoms with Crippen molar-refractivity contribution in [2.75, 3.05) is 21.0 Å². The van der Waals surface area contributed by atoms with Crippen molar-refractivity contribution < 1.29 is 9.57 Å². The van der Waals surface area contributed by atoms with Gasteiger partial charge in [-0.1, -0.05) is 0 Å². The average molecular weight is 106 g/mol. The van der Waals surface area contributed by atoms with Gasteiger partial charge in [-0.25, -0.2) is 0 Å². The van der Waals surface area contributed by atoms with E-state index in [2.05, 4.69) is 9.57 Å². The number of nitrogens with zero attached hydrogens (tertiary/aromatic N) is 1. The lowest BCUT2D eigenvalue weighted by Crippen LogP contribution is -2.11. The van der Waals surface area contributed by atoms with Crippen LogP contribution in [0.5, 0.6) is 0 Å². The molecule has 0 N–H and O–H groups in total. The first kappa shape index (κ1) is 6.84. The van der Waals surface area contributed by atoms with Gasteiger partial charge < -0.3 is 9.94 Å². The zero-order chi connectivity index (χ0) is 5.70. The molecule has 0 aromatic rings. The van der Waals surface area contributed by atoms with Crippen molar-refractivity contribution in [1.29, 1.82) is 0 Å². The Bertz CT molecular complexity index is 39.2. The Balaban J connectivity index is 2.68. The molecule has 0 unspecified atom stereocenters. The number of hydrogen-bond donors (Lipinski definition) is 0. The van der Waals surface area contributed by atoms with E-state index in [4.69, 9.17) is 0 Å². The van der Waals surface area contributed by atoms with Crippen molar-refractivity contribution in [3.63, 3.8) is 0 Å². The molecular formula is C3H8NO3-. The van der Waals surface area contributed by atoms with Crippen LogP contribution in [-0.2, 0) is 9.57 Å². The molecule has 0 rings (SSSR count). The van der Waals surface area contributed by atoms with Crippen LogP contribution in [0.15, 0.2) is 0 Å². The first-order chi connectivity index (χ1) is 3.27. The highest BCUT2D eigenvalue weighted by Crippen LogP contribution is 1.77. The summed E-state index contributed by atoms with van der Waals surface area (Å²) < 4.78 is 4.39. The Hall–Kier alpha value is -0.160. The van der Waals surface area contributed by atoms with Crippen molar-refractivity contribution in [1.82, 2.24) is 5.23 Å². The summed E-state index contributed by atoms with van der Waals surface area (Å²) in [5, 5.41) is 10.2. The van der Waals surface area contributed by atoms with Gasteiger partial charge in [0.15, 0.2) is 6.79 Å². The minimum Gasteiger partial charge on any atom is -0.762 e. The Morgan fingerprint density at radius 3 is 2.43 bits per heavy atom. The third-order valence-electron chi connectivity index (χ3n) is 0.352. The third-order valence-corrected chi connectivity index (χ3v) is 0.352. The topological polar surface area (TPSA) is 44.8 Å². The maximum Gasteiger partial charge on any atom is 0.165 e. The SMILES string of the molecule is COCON(C)[O-]. The standard InChI is InChI=1S/C3H8NO3/c1-4(5)7-3-6-2/h3H2,1-2H3/q-1. The van der Waals surface area contributed by atoms with E-state index in [1.54, 1.807) is 0 Å².